The maximum absolute atomic E-state index is 11.4. The van der Waals surface area contributed by atoms with Crippen molar-refractivity contribution in [3.05, 3.63) is 22.2 Å². The summed E-state index contributed by atoms with van der Waals surface area (Å²) in [7, 11) is 0. The lowest BCUT2D eigenvalue weighted by molar-refractivity contribution is 0.101. The molecule has 0 amide bonds. The molecule has 0 saturated heterocycles. The van der Waals surface area contributed by atoms with Crippen molar-refractivity contribution in [3.8, 4) is 18.1 Å². The molecule has 84 valence electrons. The van der Waals surface area contributed by atoms with Gasteiger partial charge >= 0.3 is 0 Å². The van der Waals surface area contributed by atoms with E-state index in [4.69, 9.17) is 16.9 Å². The lowest BCUT2D eigenvalue weighted by Gasteiger charge is -2.12. The third-order valence-electron chi connectivity index (χ3n) is 1.95. The molecule has 0 spiro atoms. The highest BCUT2D eigenvalue weighted by Crippen LogP contribution is 2.31. The smallest absolute Gasteiger partial charge is 0.163 e. The number of rotatable bonds is 4. The molecule has 0 radical (unpaired) electrons. The molecule has 1 aromatic carbocycles. The Labute approximate surface area is 103 Å². The Balaban J connectivity index is 3.05. The predicted octanol–water partition coefficient (Wildman–Crippen LogP) is 2.64. The van der Waals surface area contributed by atoms with E-state index in [0.29, 0.717) is 30.0 Å². The van der Waals surface area contributed by atoms with Crippen LogP contribution in [-0.2, 0) is 0 Å². The molecule has 1 rings (SSSR count). The van der Waals surface area contributed by atoms with Crippen LogP contribution in [0, 0.1) is 12.3 Å². The number of ether oxygens (including phenoxy) is 1. The fourth-order valence-corrected chi connectivity index (χ4v) is 1.72. The van der Waals surface area contributed by atoms with Crippen LogP contribution in [0.1, 0.15) is 23.7 Å². The van der Waals surface area contributed by atoms with E-state index < -0.39 is 0 Å². The molecule has 0 saturated carbocycles. The van der Waals surface area contributed by atoms with Gasteiger partial charge in [-0.25, -0.2) is 0 Å². The maximum Gasteiger partial charge on any atom is 0.163 e. The van der Waals surface area contributed by atoms with Crippen molar-refractivity contribution in [1.29, 1.82) is 0 Å². The Kier molecular flexibility index (Phi) is 4.39. The molecular formula is C12H12BrNO2. The van der Waals surface area contributed by atoms with Crippen LogP contribution in [0.4, 0.5) is 5.69 Å². The Morgan fingerprint density at radius 3 is 2.88 bits per heavy atom. The predicted molar refractivity (Wildman–Crippen MR) is 67.5 cm³/mol. The number of hydrogen-bond acceptors (Lipinski definition) is 3. The quantitative estimate of drug-likeness (QED) is 0.400. The number of nitrogen functional groups attached to an aromatic ring is 1. The zero-order chi connectivity index (χ0) is 12.1. The molecule has 0 bridgehead atoms. The molecular weight excluding hydrogens is 270 g/mol. The number of carbonyl (C=O) groups is 1. The van der Waals surface area contributed by atoms with Crippen LogP contribution < -0.4 is 10.5 Å². The van der Waals surface area contributed by atoms with E-state index in [1.807, 2.05) is 0 Å². The van der Waals surface area contributed by atoms with E-state index >= 15 is 0 Å². The molecule has 0 heterocycles. The minimum Gasteiger partial charge on any atom is -0.490 e. The number of benzene rings is 1. The first-order chi connectivity index (χ1) is 7.56. The second kappa shape index (κ2) is 5.57. The van der Waals surface area contributed by atoms with Crippen LogP contribution in [-0.4, -0.2) is 12.4 Å². The van der Waals surface area contributed by atoms with Crippen molar-refractivity contribution in [1.82, 2.24) is 0 Å². The summed E-state index contributed by atoms with van der Waals surface area (Å²) in [6, 6.07) is 3.38. The first-order valence-corrected chi connectivity index (χ1v) is 5.51. The van der Waals surface area contributed by atoms with Gasteiger partial charge in [0, 0.05) is 10.9 Å². The number of Topliss-reactive ketones (excluding diaryl/α,β-unsaturated/α-hetero) is 1. The van der Waals surface area contributed by atoms with Crippen LogP contribution in [0.2, 0.25) is 0 Å². The van der Waals surface area contributed by atoms with Gasteiger partial charge in [0.25, 0.3) is 0 Å². The molecule has 1 aromatic rings. The van der Waals surface area contributed by atoms with Crippen LogP contribution in [0.3, 0.4) is 0 Å². The molecule has 0 unspecified atom stereocenters. The van der Waals surface area contributed by atoms with Gasteiger partial charge in [-0.05, 0) is 19.1 Å². The Morgan fingerprint density at radius 1 is 1.62 bits per heavy atom. The van der Waals surface area contributed by atoms with Gasteiger partial charge in [0.05, 0.1) is 17.9 Å². The zero-order valence-electron chi connectivity index (χ0n) is 8.92. The second-order valence-corrected chi connectivity index (χ2v) is 4.15. The van der Waals surface area contributed by atoms with Gasteiger partial charge in [0.1, 0.15) is 0 Å². The van der Waals surface area contributed by atoms with Crippen molar-refractivity contribution in [3.63, 3.8) is 0 Å². The number of anilines is 1. The largest absolute Gasteiger partial charge is 0.490 e. The van der Waals surface area contributed by atoms with Crippen LogP contribution >= 0.6 is 15.9 Å². The molecule has 0 aliphatic heterocycles. The topological polar surface area (TPSA) is 52.3 Å². The fraction of sp³-hybridized carbons (Fsp3) is 0.250. The molecule has 4 heteroatoms. The van der Waals surface area contributed by atoms with Gasteiger partial charge in [0.15, 0.2) is 11.5 Å². The zero-order valence-corrected chi connectivity index (χ0v) is 10.5. The molecule has 0 aliphatic rings. The van der Waals surface area contributed by atoms with E-state index in [0.717, 1.165) is 4.47 Å². The van der Waals surface area contributed by atoms with Crippen molar-refractivity contribution in [2.45, 2.75) is 13.3 Å². The van der Waals surface area contributed by atoms with Crippen molar-refractivity contribution >= 4 is 27.4 Å². The fourth-order valence-electron chi connectivity index (χ4n) is 1.25. The van der Waals surface area contributed by atoms with Crippen LogP contribution in [0.25, 0.3) is 0 Å². The summed E-state index contributed by atoms with van der Waals surface area (Å²) in [5, 5.41) is 0. The maximum atomic E-state index is 11.4. The molecule has 0 fully saturated rings. The second-order valence-electron chi connectivity index (χ2n) is 3.23. The number of terminal acetylenes is 1. The molecule has 0 aromatic heterocycles. The summed E-state index contributed by atoms with van der Waals surface area (Å²) in [6.45, 7) is 1.82. The van der Waals surface area contributed by atoms with Gasteiger partial charge in [-0.1, -0.05) is 15.9 Å². The molecule has 3 nitrogen and oxygen atoms in total. The normalized spacial score (nSPS) is 9.56. The SMILES string of the molecule is C#CCCOc1c(N)cc(Br)cc1C(C)=O. The molecule has 0 aliphatic carbocycles. The van der Waals surface area contributed by atoms with Gasteiger partial charge in [-0.2, -0.15) is 0 Å². The van der Waals surface area contributed by atoms with Crippen LogP contribution in [0.15, 0.2) is 16.6 Å². The summed E-state index contributed by atoms with van der Waals surface area (Å²) in [5.41, 5.74) is 6.67. The minimum atomic E-state index is -0.0938. The monoisotopic (exact) mass is 281 g/mol. The molecule has 0 atom stereocenters. The van der Waals surface area contributed by atoms with E-state index in [2.05, 4.69) is 21.9 Å². The van der Waals surface area contributed by atoms with Crippen molar-refractivity contribution < 1.29 is 9.53 Å². The van der Waals surface area contributed by atoms with Gasteiger partial charge < -0.3 is 10.5 Å². The van der Waals surface area contributed by atoms with E-state index in [9.17, 15) is 4.79 Å². The van der Waals surface area contributed by atoms with E-state index in [-0.39, 0.29) is 5.78 Å². The summed E-state index contributed by atoms with van der Waals surface area (Å²) in [6.07, 6.45) is 5.60. The van der Waals surface area contributed by atoms with Gasteiger partial charge in [-0.3, -0.25) is 4.79 Å². The summed E-state index contributed by atoms with van der Waals surface area (Å²) >= 11 is 3.28. The number of nitrogens with two attached hydrogens (primary N) is 1. The highest BCUT2D eigenvalue weighted by atomic mass is 79.9. The third kappa shape index (κ3) is 3.01. The summed E-state index contributed by atoms with van der Waals surface area (Å²) in [4.78, 5) is 11.4. The average molecular weight is 282 g/mol. The summed E-state index contributed by atoms with van der Waals surface area (Å²) in [5.74, 6) is 2.77. The molecule has 2 N–H and O–H groups in total. The van der Waals surface area contributed by atoms with Gasteiger partial charge in [-0.15, -0.1) is 12.3 Å². The first kappa shape index (κ1) is 12.6. The van der Waals surface area contributed by atoms with Crippen molar-refractivity contribution in [2.24, 2.45) is 0 Å². The highest BCUT2D eigenvalue weighted by molar-refractivity contribution is 9.10. The van der Waals surface area contributed by atoms with Gasteiger partial charge in [0.2, 0.25) is 0 Å². The highest BCUT2D eigenvalue weighted by Gasteiger charge is 2.13. The number of halogens is 1. The van der Waals surface area contributed by atoms with E-state index in [1.165, 1.54) is 6.92 Å². The average Bonchev–Trinajstić information content (AvgIpc) is 2.20. The number of hydrogen-bond donors (Lipinski definition) is 1. The Bertz CT molecular complexity index is 449. The van der Waals surface area contributed by atoms with E-state index in [1.54, 1.807) is 12.1 Å². The summed E-state index contributed by atoms with van der Waals surface area (Å²) < 4.78 is 6.16. The third-order valence-corrected chi connectivity index (χ3v) is 2.41. The van der Waals surface area contributed by atoms with Crippen molar-refractivity contribution in [2.75, 3.05) is 12.3 Å². The number of ketones is 1. The standard InChI is InChI=1S/C12H12BrNO2/c1-3-4-5-16-12-10(8(2)15)6-9(13)7-11(12)14/h1,6-7H,4-5,14H2,2H3. The lowest BCUT2D eigenvalue weighted by atomic mass is 10.1. The number of carbonyl (C=O) groups excluding carboxylic acids is 1. The molecule has 16 heavy (non-hydrogen) atoms. The lowest BCUT2D eigenvalue weighted by Crippen LogP contribution is -2.05. The van der Waals surface area contributed by atoms with Crippen LogP contribution in [0.5, 0.6) is 5.75 Å². The first-order valence-electron chi connectivity index (χ1n) is 4.72. The Hall–Kier alpha value is -1.47. The Morgan fingerprint density at radius 2 is 2.31 bits per heavy atom. The minimum absolute atomic E-state index is 0.0938.